The van der Waals surface area contributed by atoms with Crippen molar-refractivity contribution in [3.8, 4) is 0 Å². The fraction of sp³-hybridized carbons (Fsp3) is 0. The second-order valence-electron chi connectivity index (χ2n) is 5.38. The van der Waals surface area contributed by atoms with Crippen molar-refractivity contribution in [1.82, 2.24) is 0 Å². The zero-order valence-electron chi connectivity index (χ0n) is 13.6. The Hall–Kier alpha value is -3.45. The lowest BCUT2D eigenvalue weighted by Gasteiger charge is -2.11. The summed E-state index contributed by atoms with van der Waals surface area (Å²) in [5.41, 5.74) is 6.69. The largest absolute Gasteiger partial charge is 0.366 e. The third-order valence-corrected chi connectivity index (χ3v) is 4.44. The van der Waals surface area contributed by atoms with Crippen LogP contribution in [0.3, 0.4) is 0 Å². The summed E-state index contributed by atoms with van der Waals surface area (Å²) in [4.78, 5) is 36.7. The SMILES string of the molecule is NC(=O)c1cccc(NC(=O)c2ccccc2NC(=O)c2cccs2)c1. The van der Waals surface area contributed by atoms with E-state index >= 15 is 0 Å². The summed E-state index contributed by atoms with van der Waals surface area (Å²) >= 11 is 1.32. The van der Waals surface area contributed by atoms with Crippen molar-refractivity contribution >= 4 is 40.4 Å². The molecular formula is C19H15N3O3S. The molecule has 3 amide bonds. The molecule has 2 aromatic carbocycles. The molecule has 0 fully saturated rings. The number of nitrogens with one attached hydrogen (secondary N) is 2. The zero-order valence-corrected chi connectivity index (χ0v) is 14.4. The van der Waals surface area contributed by atoms with Crippen LogP contribution >= 0.6 is 11.3 Å². The van der Waals surface area contributed by atoms with Gasteiger partial charge in [0.05, 0.1) is 16.1 Å². The summed E-state index contributed by atoms with van der Waals surface area (Å²) in [5.74, 6) is -1.27. The fourth-order valence-corrected chi connectivity index (χ4v) is 2.95. The van der Waals surface area contributed by atoms with Crippen molar-refractivity contribution in [1.29, 1.82) is 0 Å². The Labute approximate surface area is 153 Å². The molecule has 130 valence electrons. The highest BCUT2D eigenvalue weighted by Gasteiger charge is 2.15. The Morgan fingerprint density at radius 1 is 0.846 bits per heavy atom. The molecule has 3 rings (SSSR count). The van der Waals surface area contributed by atoms with Gasteiger partial charge in [-0.05, 0) is 41.8 Å². The molecule has 6 nitrogen and oxygen atoms in total. The normalized spacial score (nSPS) is 10.2. The van der Waals surface area contributed by atoms with E-state index < -0.39 is 11.8 Å². The van der Waals surface area contributed by atoms with Gasteiger partial charge in [0.2, 0.25) is 5.91 Å². The van der Waals surface area contributed by atoms with E-state index in [1.807, 2.05) is 0 Å². The zero-order chi connectivity index (χ0) is 18.5. The molecule has 1 aromatic heterocycles. The highest BCUT2D eigenvalue weighted by Crippen LogP contribution is 2.20. The summed E-state index contributed by atoms with van der Waals surface area (Å²) in [6, 6.07) is 16.5. The van der Waals surface area contributed by atoms with Crippen LogP contribution < -0.4 is 16.4 Å². The predicted molar refractivity (Wildman–Crippen MR) is 102 cm³/mol. The average molecular weight is 365 g/mol. The maximum absolute atomic E-state index is 12.6. The predicted octanol–water partition coefficient (Wildman–Crippen LogP) is 3.35. The molecule has 0 bridgehead atoms. The number of carbonyl (C=O) groups excluding carboxylic acids is 3. The number of thiophene rings is 1. The highest BCUT2D eigenvalue weighted by molar-refractivity contribution is 7.12. The van der Waals surface area contributed by atoms with Crippen molar-refractivity contribution in [2.75, 3.05) is 10.6 Å². The molecule has 4 N–H and O–H groups in total. The Morgan fingerprint density at radius 2 is 1.65 bits per heavy atom. The monoisotopic (exact) mass is 365 g/mol. The number of rotatable bonds is 5. The molecule has 0 aliphatic rings. The van der Waals surface area contributed by atoms with Crippen molar-refractivity contribution < 1.29 is 14.4 Å². The summed E-state index contributed by atoms with van der Waals surface area (Å²) in [6.07, 6.45) is 0. The molecule has 1 heterocycles. The van der Waals surface area contributed by atoms with Crippen LogP contribution in [0.4, 0.5) is 11.4 Å². The maximum Gasteiger partial charge on any atom is 0.265 e. The average Bonchev–Trinajstić information content (AvgIpc) is 3.17. The minimum absolute atomic E-state index is 0.282. The van der Waals surface area contributed by atoms with Crippen molar-refractivity contribution in [2.45, 2.75) is 0 Å². The lowest BCUT2D eigenvalue weighted by Crippen LogP contribution is -2.18. The molecular weight excluding hydrogens is 350 g/mol. The first-order valence-corrected chi connectivity index (χ1v) is 8.57. The third-order valence-electron chi connectivity index (χ3n) is 3.57. The molecule has 3 aromatic rings. The van der Waals surface area contributed by atoms with Crippen LogP contribution in [0.25, 0.3) is 0 Å². The molecule has 0 saturated heterocycles. The summed E-state index contributed by atoms with van der Waals surface area (Å²) in [7, 11) is 0. The molecule has 0 saturated carbocycles. The van der Waals surface area contributed by atoms with Gasteiger partial charge in [-0.1, -0.05) is 24.3 Å². The molecule has 0 aliphatic carbocycles. The highest BCUT2D eigenvalue weighted by atomic mass is 32.1. The van der Waals surface area contributed by atoms with E-state index in [9.17, 15) is 14.4 Å². The van der Waals surface area contributed by atoms with Crippen LogP contribution in [0.15, 0.2) is 66.0 Å². The van der Waals surface area contributed by atoms with Gasteiger partial charge in [-0.15, -0.1) is 11.3 Å². The van der Waals surface area contributed by atoms with Crippen LogP contribution in [0.1, 0.15) is 30.4 Å². The Balaban J connectivity index is 1.81. The van der Waals surface area contributed by atoms with E-state index in [-0.39, 0.29) is 5.91 Å². The minimum Gasteiger partial charge on any atom is -0.366 e. The Bertz CT molecular complexity index is 968. The summed E-state index contributed by atoms with van der Waals surface area (Å²) < 4.78 is 0. The molecule has 7 heteroatoms. The van der Waals surface area contributed by atoms with Gasteiger partial charge >= 0.3 is 0 Å². The fourth-order valence-electron chi connectivity index (χ4n) is 2.33. The lowest BCUT2D eigenvalue weighted by atomic mass is 10.1. The van der Waals surface area contributed by atoms with Crippen molar-refractivity contribution in [2.24, 2.45) is 5.73 Å². The maximum atomic E-state index is 12.6. The van der Waals surface area contributed by atoms with E-state index in [0.717, 1.165) is 0 Å². The molecule has 0 spiro atoms. The van der Waals surface area contributed by atoms with Crippen LogP contribution in [0, 0.1) is 0 Å². The van der Waals surface area contributed by atoms with Crippen molar-refractivity contribution in [3.63, 3.8) is 0 Å². The number of hydrogen-bond acceptors (Lipinski definition) is 4. The number of benzene rings is 2. The standard InChI is InChI=1S/C19H15N3O3S/c20-17(23)12-5-3-6-13(11-12)21-18(24)14-7-1-2-8-15(14)22-19(25)16-9-4-10-26-16/h1-11H,(H2,20,23)(H,21,24)(H,22,25). The first kappa shape index (κ1) is 17.4. The number of carbonyl (C=O) groups is 3. The number of anilines is 2. The smallest absolute Gasteiger partial charge is 0.265 e. The minimum atomic E-state index is -0.579. The first-order valence-electron chi connectivity index (χ1n) is 7.69. The number of primary amides is 1. The Kier molecular flexibility index (Phi) is 5.09. The topological polar surface area (TPSA) is 101 Å². The molecule has 26 heavy (non-hydrogen) atoms. The quantitative estimate of drug-likeness (QED) is 0.646. The molecule has 0 radical (unpaired) electrons. The van der Waals surface area contributed by atoms with Gasteiger partial charge < -0.3 is 16.4 Å². The molecule has 0 aliphatic heterocycles. The Morgan fingerprint density at radius 3 is 2.38 bits per heavy atom. The lowest BCUT2D eigenvalue weighted by molar-refractivity contribution is 0.0994. The van der Waals surface area contributed by atoms with E-state index in [2.05, 4.69) is 10.6 Å². The van der Waals surface area contributed by atoms with Crippen LogP contribution in [-0.2, 0) is 0 Å². The van der Waals surface area contributed by atoms with Gasteiger partial charge in [-0.2, -0.15) is 0 Å². The van der Waals surface area contributed by atoms with Gasteiger partial charge in [0.15, 0.2) is 0 Å². The summed E-state index contributed by atoms with van der Waals surface area (Å²) in [5, 5.41) is 7.26. The van der Waals surface area contributed by atoms with Crippen LogP contribution in [0.5, 0.6) is 0 Å². The number of para-hydroxylation sites is 1. The van der Waals surface area contributed by atoms with Gasteiger partial charge in [-0.3, -0.25) is 14.4 Å². The van der Waals surface area contributed by atoms with Crippen LogP contribution in [-0.4, -0.2) is 17.7 Å². The van der Waals surface area contributed by atoms with Gasteiger partial charge in [0.1, 0.15) is 0 Å². The van der Waals surface area contributed by atoms with E-state index in [1.54, 1.807) is 60.0 Å². The van der Waals surface area contributed by atoms with Crippen LogP contribution in [0.2, 0.25) is 0 Å². The number of amides is 3. The van der Waals surface area contributed by atoms with E-state index in [0.29, 0.717) is 27.4 Å². The second kappa shape index (κ2) is 7.62. The molecule has 0 unspecified atom stereocenters. The second-order valence-corrected chi connectivity index (χ2v) is 6.32. The van der Waals surface area contributed by atoms with Gasteiger partial charge in [0, 0.05) is 11.3 Å². The van der Waals surface area contributed by atoms with E-state index in [1.165, 1.54) is 17.4 Å². The summed E-state index contributed by atoms with van der Waals surface area (Å²) in [6.45, 7) is 0. The number of nitrogens with two attached hydrogens (primary N) is 1. The van der Waals surface area contributed by atoms with E-state index in [4.69, 9.17) is 5.73 Å². The number of hydrogen-bond donors (Lipinski definition) is 3. The third kappa shape index (κ3) is 3.96. The van der Waals surface area contributed by atoms with Crippen molar-refractivity contribution in [3.05, 3.63) is 82.0 Å². The molecule has 0 atom stereocenters. The van der Waals surface area contributed by atoms with Gasteiger partial charge in [0.25, 0.3) is 11.8 Å². The van der Waals surface area contributed by atoms with Gasteiger partial charge in [-0.25, -0.2) is 0 Å². The first-order chi connectivity index (χ1) is 12.5.